The Hall–Kier alpha value is -3.74. The molecule has 0 aliphatic rings. The molecule has 0 saturated carbocycles. The van der Waals surface area contributed by atoms with Crippen molar-refractivity contribution in [2.45, 2.75) is 20.4 Å². The molecule has 4 aromatic rings. The number of carbonyl (C=O) groups excluding carboxylic acids is 1. The number of amides is 1. The second-order valence-corrected chi connectivity index (χ2v) is 6.64. The van der Waals surface area contributed by atoms with Crippen LogP contribution in [0.5, 0.6) is 0 Å². The lowest BCUT2D eigenvalue weighted by molar-refractivity contribution is -0.117. The first-order valence-electron chi connectivity index (χ1n) is 8.90. The van der Waals surface area contributed by atoms with Crippen LogP contribution in [0.2, 0.25) is 0 Å². The van der Waals surface area contributed by atoms with E-state index in [1.807, 2.05) is 68.4 Å². The second-order valence-electron chi connectivity index (χ2n) is 6.64. The smallest absolute Gasteiger partial charge is 0.324 e. The van der Waals surface area contributed by atoms with Gasteiger partial charge in [-0.25, -0.2) is 18.9 Å². The summed E-state index contributed by atoms with van der Waals surface area (Å²) in [5.74, 6) is 0.186. The van der Waals surface area contributed by atoms with Gasteiger partial charge in [-0.15, -0.1) is 5.10 Å². The number of fused-ring (bicyclic) bond motifs is 1. The maximum atomic E-state index is 12.9. The molecule has 0 fully saturated rings. The molecular formula is C21H19N5O2. The molecule has 28 heavy (non-hydrogen) atoms. The molecule has 7 heteroatoms. The highest BCUT2D eigenvalue weighted by molar-refractivity contribution is 5.90. The summed E-state index contributed by atoms with van der Waals surface area (Å²) in [5.41, 5.74) is 3.38. The van der Waals surface area contributed by atoms with Crippen molar-refractivity contribution in [3.63, 3.8) is 0 Å². The number of aromatic nitrogens is 4. The van der Waals surface area contributed by atoms with Gasteiger partial charge in [-0.05, 0) is 26.0 Å². The van der Waals surface area contributed by atoms with Crippen molar-refractivity contribution in [3.8, 4) is 11.4 Å². The van der Waals surface area contributed by atoms with Crippen LogP contribution in [0, 0.1) is 13.8 Å². The molecular weight excluding hydrogens is 354 g/mol. The minimum Gasteiger partial charge on any atom is -0.324 e. The Morgan fingerprint density at radius 2 is 1.75 bits per heavy atom. The van der Waals surface area contributed by atoms with E-state index >= 15 is 0 Å². The van der Waals surface area contributed by atoms with Crippen LogP contribution in [-0.2, 0) is 11.3 Å². The molecule has 2 aromatic carbocycles. The fourth-order valence-electron chi connectivity index (χ4n) is 3.01. The molecule has 140 valence electrons. The zero-order valence-electron chi connectivity index (χ0n) is 15.6. The third kappa shape index (κ3) is 3.42. The number of nitrogens with zero attached hydrogens (tertiary/aromatic N) is 4. The van der Waals surface area contributed by atoms with Gasteiger partial charge in [-0.3, -0.25) is 4.79 Å². The largest absolute Gasteiger partial charge is 0.352 e. The van der Waals surface area contributed by atoms with E-state index in [4.69, 9.17) is 0 Å². The molecule has 2 heterocycles. The molecule has 0 spiro atoms. The van der Waals surface area contributed by atoms with E-state index in [1.165, 1.54) is 4.40 Å². The molecule has 0 aliphatic heterocycles. The fraction of sp³-hybridized carbons (Fsp3) is 0.143. The molecule has 0 radical (unpaired) electrons. The van der Waals surface area contributed by atoms with Gasteiger partial charge in [0.05, 0.1) is 0 Å². The molecule has 0 saturated heterocycles. The zero-order valence-corrected chi connectivity index (χ0v) is 15.6. The van der Waals surface area contributed by atoms with Gasteiger partial charge < -0.3 is 5.32 Å². The summed E-state index contributed by atoms with van der Waals surface area (Å²) in [5, 5.41) is 7.10. The topological polar surface area (TPSA) is 81.3 Å². The summed E-state index contributed by atoms with van der Waals surface area (Å²) in [4.78, 5) is 29.8. The molecule has 2 aromatic heterocycles. The van der Waals surface area contributed by atoms with E-state index in [1.54, 1.807) is 6.07 Å². The number of carbonyl (C=O) groups is 1. The first-order chi connectivity index (χ1) is 13.5. The number of hydrogen-bond donors (Lipinski definition) is 1. The van der Waals surface area contributed by atoms with Crippen molar-refractivity contribution in [1.82, 2.24) is 19.2 Å². The Labute approximate surface area is 161 Å². The number of benzene rings is 2. The van der Waals surface area contributed by atoms with Crippen molar-refractivity contribution >= 4 is 17.2 Å². The van der Waals surface area contributed by atoms with Crippen LogP contribution in [0.1, 0.15) is 11.3 Å². The highest BCUT2D eigenvalue weighted by Crippen LogP contribution is 2.17. The molecule has 0 atom stereocenters. The number of hydrogen-bond acceptors (Lipinski definition) is 4. The predicted molar refractivity (Wildman–Crippen MR) is 107 cm³/mol. The van der Waals surface area contributed by atoms with E-state index in [-0.39, 0.29) is 12.5 Å². The maximum absolute atomic E-state index is 12.9. The maximum Gasteiger partial charge on any atom is 0.352 e. The van der Waals surface area contributed by atoms with Crippen LogP contribution in [-0.4, -0.2) is 25.1 Å². The highest BCUT2D eigenvalue weighted by Gasteiger charge is 2.16. The molecule has 7 nitrogen and oxygen atoms in total. The average molecular weight is 373 g/mol. The lowest BCUT2D eigenvalue weighted by Crippen LogP contribution is -2.28. The average Bonchev–Trinajstić information content (AvgIpc) is 2.99. The molecule has 0 bridgehead atoms. The lowest BCUT2D eigenvalue weighted by Gasteiger charge is -2.05. The minimum atomic E-state index is -0.402. The number of aryl methyl sites for hydroxylation is 2. The van der Waals surface area contributed by atoms with Crippen LogP contribution >= 0.6 is 0 Å². The Bertz CT molecular complexity index is 1210. The number of nitrogens with one attached hydrogen (secondary N) is 1. The third-order valence-corrected chi connectivity index (χ3v) is 4.36. The van der Waals surface area contributed by atoms with Crippen LogP contribution < -0.4 is 11.0 Å². The van der Waals surface area contributed by atoms with Crippen LogP contribution in [0.25, 0.3) is 17.0 Å². The van der Waals surface area contributed by atoms with Gasteiger partial charge in [0, 0.05) is 23.0 Å². The summed E-state index contributed by atoms with van der Waals surface area (Å²) in [6.45, 7) is 3.64. The second kappa shape index (κ2) is 7.11. The third-order valence-electron chi connectivity index (χ3n) is 4.36. The zero-order chi connectivity index (χ0) is 19.7. The van der Waals surface area contributed by atoms with Crippen LogP contribution in [0.3, 0.4) is 0 Å². The van der Waals surface area contributed by atoms with Gasteiger partial charge in [-0.2, -0.15) is 0 Å². The summed E-state index contributed by atoms with van der Waals surface area (Å²) in [7, 11) is 0. The van der Waals surface area contributed by atoms with Crippen LogP contribution in [0.4, 0.5) is 5.69 Å². The number of anilines is 1. The van der Waals surface area contributed by atoms with Crippen molar-refractivity contribution in [3.05, 3.63) is 82.4 Å². The molecule has 0 aliphatic carbocycles. The van der Waals surface area contributed by atoms with Gasteiger partial charge in [-0.1, -0.05) is 48.0 Å². The van der Waals surface area contributed by atoms with Crippen molar-refractivity contribution in [2.24, 2.45) is 0 Å². The Balaban J connectivity index is 1.69. The molecule has 4 rings (SSSR count). The molecule has 0 unspecified atom stereocenters. The summed E-state index contributed by atoms with van der Waals surface area (Å²) in [6.07, 6.45) is 0. The Morgan fingerprint density at radius 1 is 1.04 bits per heavy atom. The van der Waals surface area contributed by atoms with E-state index in [0.29, 0.717) is 17.2 Å². The first kappa shape index (κ1) is 17.7. The predicted octanol–water partition coefficient (Wildman–Crippen LogP) is 2.81. The fourth-order valence-corrected chi connectivity index (χ4v) is 3.01. The normalized spacial score (nSPS) is 10.9. The Morgan fingerprint density at radius 3 is 2.46 bits per heavy atom. The standard InChI is InChI=1S/C21H19N5O2/c1-14-8-10-17(11-9-14)23-19(27)13-25-21(28)26-18(24-25)12-15(2)22-20(26)16-6-4-3-5-7-16/h3-12H,13H2,1-2H3,(H,23,27). The van der Waals surface area contributed by atoms with E-state index in [9.17, 15) is 9.59 Å². The van der Waals surface area contributed by atoms with E-state index in [2.05, 4.69) is 15.4 Å². The van der Waals surface area contributed by atoms with Gasteiger partial charge in [0.25, 0.3) is 0 Å². The van der Waals surface area contributed by atoms with Gasteiger partial charge >= 0.3 is 5.69 Å². The molecule has 1 N–H and O–H groups in total. The highest BCUT2D eigenvalue weighted by atomic mass is 16.2. The Kier molecular flexibility index (Phi) is 4.49. The van der Waals surface area contributed by atoms with Crippen molar-refractivity contribution in [1.29, 1.82) is 0 Å². The number of rotatable bonds is 4. The summed E-state index contributed by atoms with van der Waals surface area (Å²) < 4.78 is 2.59. The van der Waals surface area contributed by atoms with Crippen molar-refractivity contribution < 1.29 is 4.79 Å². The van der Waals surface area contributed by atoms with E-state index in [0.717, 1.165) is 21.5 Å². The summed E-state index contributed by atoms with van der Waals surface area (Å²) in [6, 6.07) is 18.6. The van der Waals surface area contributed by atoms with Crippen molar-refractivity contribution in [2.75, 3.05) is 5.32 Å². The summed E-state index contributed by atoms with van der Waals surface area (Å²) >= 11 is 0. The van der Waals surface area contributed by atoms with Gasteiger partial charge in [0.2, 0.25) is 5.91 Å². The first-order valence-corrected chi connectivity index (χ1v) is 8.90. The quantitative estimate of drug-likeness (QED) is 0.596. The van der Waals surface area contributed by atoms with Gasteiger partial charge in [0.15, 0.2) is 5.65 Å². The van der Waals surface area contributed by atoms with Crippen LogP contribution in [0.15, 0.2) is 65.5 Å². The molecule has 1 amide bonds. The lowest BCUT2D eigenvalue weighted by atomic mass is 10.2. The minimum absolute atomic E-state index is 0.179. The van der Waals surface area contributed by atoms with Gasteiger partial charge in [0.1, 0.15) is 12.4 Å². The SMILES string of the molecule is Cc1ccc(NC(=O)Cn2nc3cc(C)nc(-c4ccccc4)n3c2=O)cc1. The van der Waals surface area contributed by atoms with E-state index < -0.39 is 5.69 Å². The monoisotopic (exact) mass is 373 g/mol.